The van der Waals surface area contributed by atoms with Crippen molar-refractivity contribution in [1.29, 1.82) is 0 Å². The van der Waals surface area contributed by atoms with Gasteiger partial charge in [0.25, 0.3) is 0 Å². The van der Waals surface area contributed by atoms with E-state index in [0.29, 0.717) is 10.2 Å². The van der Waals surface area contributed by atoms with Gasteiger partial charge >= 0.3 is 0 Å². The summed E-state index contributed by atoms with van der Waals surface area (Å²) in [6, 6.07) is 8.76. The summed E-state index contributed by atoms with van der Waals surface area (Å²) in [5.74, 6) is 0.526. The van der Waals surface area contributed by atoms with Crippen LogP contribution >= 0.6 is 24.8 Å². The van der Waals surface area contributed by atoms with Crippen LogP contribution in [0.1, 0.15) is 51.4 Å². The first-order chi connectivity index (χ1) is 11.6. The molecular formula is C21H28N2S2. The average molecular weight is 373 g/mol. The molecule has 0 saturated heterocycles. The summed E-state index contributed by atoms with van der Waals surface area (Å²) >= 11 is 9.41. The van der Waals surface area contributed by atoms with Crippen molar-refractivity contribution in [3.63, 3.8) is 0 Å². The summed E-state index contributed by atoms with van der Waals surface area (Å²) in [4.78, 5) is 4.72. The molecule has 0 spiro atoms. The third-order valence-corrected chi connectivity index (χ3v) is 4.53. The van der Waals surface area contributed by atoms with E-state index in [4.69, 9.17) is 17.2 Å². The van der Waals surface area contributed by atoms with Crippen LogP contribution in [0.4, 0.5) is 5.69 Å². The summed E-state index contributed by atoms with van der Waals surface area (Å²) in [7, 11) is 0. The van der Waals surface area contributed by atoms with Gasteiger partial charge in [0.2, 0.25) is 0 Å². The Morgan fingerprint density at radius 1 is 1.20 bits per heavy atom. The third-order valence-electron chi connectivity index (χ3n) is 4.31. The second kappa shape index (κ2) is 7.88. The molecule has 4 heteroatoms. The van der Waals surface area contributed by atoms with Crippen molar-refractivity contribution < 1.29 is 0 Å². The van der Waals surface area contributed by atoms with E-state index in [0.717, 1.165) is 28.9 Å². The molecule has 0 radical (unpaired) electrons. The highest BCUT2D eigenvalue weighted by Crippen LogP contribution is 2.32. The zero-order chi connectivity index (χ0) is 18.8. The van der Waals surface area contributed by atoms with E-state index in [1.807, 2.05) is 6.20 Å². The highest BCUT2D eigenvalue weighted by molar-refractivity contribution is 8.11. The highest BCUT2D eigenvalue weighted by Gasteiger charge is 2.16. The van der Waals surface area contributed by atoms with E-state index in [-0.39, 0.29) is 5.41 Å². The fourth-order valence-electron chi connectivity index (χ4n) is 2.91. The minimum Gasteiger partial charge on any atom is -0.340 e. The Morgan fingerprint density at radius 2 is 1.80 bits per heavy atom. The maximum atomic E-state index is 5.15. The van der Waals surface area contributed by atoms with Gasteiger partial charge in [-0.05, 0) is 41.4 Å². The van der Waals surface area contributed by atoms with Gasteiger partial charge in [0.05, 0.1) is 11.4 Å². The molecule has 0 unspecified atom stereocenters. The number of rotatable bonds is 4. The van der Waals surface area contributed by atoms with Gasteiger partial charge in [-0.1, -0.05) is 71.1 Å². The molecule has 134 valence electrons. The molecule has 1 aromatic carbocycles. The van der Waals surface area contributed by atoms with E-state index >= 15 is 0 Å². The molecule has 0 aliphatic heterocycles. The fourth-order valence-corrected chi connectivity index (χ4v) is 3.12. The number of aromatic nitrogens is 1. The summed E-state index contributed by atoms with van der Waals surface area (Å²) in [5, 5.41) is 3.23. The van der Waals surface area contributed by atoms with Crippen molar-refractivity contribution in [2.75, 3.05) is 5.32 Å². The zero-order valence-corrected chi connectivity index (χ0v) is 17.7. The molecule has 0 atom stereocenters. The van der Waals surface area contributed by atoms with Crippen molar-refractivity contribution in [2.24, 2.45) is 5.92 Å². The lowest BCUT2D eigenvalue weighted by Crippen LogP contribution is -2.11. The molecule has 0 fully saturated rings. The van der Waals surface area contributed by atoms with E-state index in [1.165, 1.54) is 11.1 Å². The minimum absolute atomic E-state index is 0.151. The molecule has 0 aliphatic carbocycles. The van der Waals surface area contributed by atoms with Crippen LogP contribution in [0, 0.1) is 12.8 Å². The number of thiocarbonyl (C=S) groups is 1. The summed E-state index contributed by atoms with van der Waals surface area (Å²) in [6.07, 6.45) is 2.88. The van der Waals surface area contributed by atoms with E-state index in [1.54, 1.807) is 0 Å². The van der Waals surface area contributed by atoms with Gasteiger partial charge in [0.15, 0.2) is 0 Å². The second-order valence-corrected chi connectivity index (χ2v) is 9.13. The number of benzene rings is 1. The Morgan fingerprint density at radius 3 is 2.28 bits per heavy atom. The van der Waals surface area contributed by atoms with Gasteiger partial charge in [0.1, 0.15) is 4.32 Å². The second-order valence-electron chi connectivity index (χ2n) is 7.97. The predicted molar refractivity (Wildman–Crippen MR) is 117 cm³/mol. The smallest absolute Gasteiger partial charge is 0.135 e. The number of hydrogen-bond acceptors (Lipinski definition) is 2. The Bertz CT molecular complexity index is 757. The molecule has 1 heterocycles. The molecule has 1 N–H and O–H groups in total. The SMILES string of the molecule is Cc1c(-c2ccc(C(C)(C)C)cc2)cnc(CC(C)C)c1NC(=S)S. The predicted octanol–water partition coefficient (Wildman–Crippen LogP) is 6.18. The molecule has 2 rings (SSSR count). The number of hydrogen-bond donors (Lipinski definition) is 2. The van der Waals surface area contributed by atoms with Crippen molar-refractivity contribution in [3.05, 3.63) is 47.3 Å². The summed E-state index contributed by atoms with van der Waals surface area (Å²) in [5.41, 5.74) is 6.96. The quantitative estimate of drug-likeness (QED) is 0.495. The maximum Gasteiger partial charge on any atom is 0.135 e. The van der Waals surface area contributed by atoms with E-state index < -0.39 is 0 Å². The van der Waals surface area contributed by atoms with Crippen LogP contribution in [0.3, 0.4) is 0 Å². The van der Waals surface area contributed by atoms with Gasteiger partial charge in [0, 0.05) is 11.8 Å². The van der Waals surface area contributed by atoms with Crippen LogP contribution in [0.5, 0.6) is 0 Å². The number of nitrogens with one attached hydrogen (secondary N) is 1. The average Bonchev–Trinajstić information content (AvgIpc) is 2.49. The number of anilines is 1. The minimum atomic E-state index is 0.151. The molecule has 0 saturated carbocycles. The maximum absolute atomic E-state index is 5.15. The van der Waals surface area contributed by atoms with Crippen LogP contribution in [-0.2, 0) is 11.8 Å². The largest absolute Gasteiger partial charge is 0.340 e. The Hall–Kier alpha value is -1.39. The molecule has 2 aromatic rings. The first-order valence-corrected chi connectivity index (χ1v) is 9.54. The lowest BCUT2D eigenvalue weighted by molar-refractivity contribution is 0.590. The van der Waals surface area contributed by atoms with Crippen LogP contribution in [0.25, 0.3) is 11.1 Å². The molecule has 25 heavy (non-hydrogen) atoms. The van der Waals surface area contributed by atoms with E-state index in [2.05, 4.69) is 83.8 Å². The fraction of sp³-hybridized carbons (Fsp3) is 0.429. The third kappa shape index (κ3) is 5.05. The topological polar surface area (TPSA) is 24.9 Å². The van der Waals surface area contributed by atoms with Crippen molar-refractivity contribution in [2.45, 2.75) is 53.4 Å². The van der Waals surface area contributed by atoms with E-state index in [9.17, 15) is 0 Å². The van der Waals surface area contributed by atoms with Gasteiger partial charge < -0.3 is 5.32 Å². The van der Waals surface area contributed by atoms with Gasteiger partial charge in [-0.2, -0.15) is 0 Å². The lowest BCUT2D eigenvalue weighted by atomic mass is 9.86. The highest BCUT2D eigenvalue weighted by atomic mass is 32.1. The normalized spacial score (nSPS) is 11.7. The first kappa shape index (κ1) is 19.9. The van der Waals surface area contributed by atoms with Crippen molar-refractivity contribution in [3.8, 4) is 11.1 Å². The molecule has 0 bridgehead atoms. The molecule has 1 aromatic heterocycles. The molecule has 2 nitrogen and oxygen atoms in total. The first-order valence-electron chi connectivity index (χ1n) is 8.69. The summed E-state index contributed by atoms with van der Waals surface area (Å²) in [6.45, 7) is 13.2. The Kier molecular flexibility index (Phi) is 6.28. The molecular weight excluding hydrogens is 344 g/mol. The zero-order valence-electron chi connectivity index (χ0n) is 16.0. The number of thiol groups is 1. The number of nitrogens with zero attached hydrogens (tertiary/aromatic N) is 1. The summed E-state index contributed by atoms with van der Waals surface area (Å²) < 4.78 is 0.468. The van der Waals surface area contributed by atoms with Gasteiger partial charge in [-0.25, -0.2) is 0 Å². The van der Waals surface area contributed by atoms with Crippen LogP contribution < -0.4 is 5.32 Å². The van der Waals surface area contributed by atoms with Crippen molar-refractivity contribution in [1.82, 2.24) is 4.98 Å². The molecule has 0 amide bonds. The lowest BCUT2D eigenvalue weighted by Gasteiger charge is -2.20. The molecule has 0 aliphatic rings. The Labute approximate surface area is 162 Å². The Balaban J connectivity index is 2.49. The van der Waals surface area contributed by atoms with Gasteiger partial charge in [-0.15, -0.1) is 12.6 Å². The van der Waals surface area contributed by atoms with Crippen LogP contribution in [-0.4, -0.2) is 9.30 Å². The van der Waals surface area contributed by atoms with Crippen LogP contribution in [0.2, 0.25) is 0 Å². The van der Waals surface area contributed by atoms with Crippen LogP contribution in [0.15, 0.2) is 30.5 Å². The van der Waals surface area contributed by atoms with Crippen molar-refractivity contribution >= 4 is 34.9 Å². The van der Waals surface area contributed by atoms with Gasteiger partial charge in [-0.3, -0.25) is 4.98 Å². The standard InChI is InChI=1S/C21H28N2S2/c1-13(2)11-18-19(23-20(24)25)14(3)17(12-22-18)15-7-9-16(10-8-15)21(4,5)6/h7-10,12-13H,11H2,1-6H3,(H2,23,24,25). The number of pyridine rings is 1. The monoisotopic (exact) mass is 372 g/mol.